The lowest BCUT2D eigenvalue weighted by molar-refractivity contribution is -0.384. The van der Waals surface area contributed by atoms with Gasteiger partial charge in [-0.25, -0.2) is 4.99 Å². The van der Waals surface area contributed by atoms with Crippen molar-refractivity contribution >= 4 is 40.3 Å². The first-order valence-electron chi connectivity index (χ1n) is 7.44. The predicted molar refractivity (Wildman–Crippen MR) is 95.3 cm³/mol. The average molecular weight is 393 g/mol. The maximum Gasteiger partial charge on any atom is 0.418 e. The maximum absolute atomic E-state index is 13.0. The molecular formula is C17H10F3N3O3S. The summed E-state index contributed by atoms with van der Waals surface area (Å²) in [4.78, 5) is 26.3. The van der Waals surface area contributed by atoms with Gasteiger partial charge in [0.1, 0.15) is 0 Å². The minimum Gasteiger partial charge on any atom is -0.300 e. The molecule has 6 nitrogen and oxygen atoms in total. The van der Waals surface area contributed by atoms with E-state index in [-0.39, 0.29) is 21.4 Å². The molecule has 1 saturated heterocycles. The normalized spacial score (nSPS) is 17.4. The summed E-state index contributed by atoms with van der Waals surface area (Å²) >= 11 is 0.855. The fraction of sp³-hybridized carbons (Fsp3) is 0.0588. The molecule has 0 aliphatic carbocycles. The summed E-state index contributed by atoms with van der Waals surface area (Å²) in [5, 5.41) is 13.2. The van der Waals surface area contributed by atoms with Crippen LogP contribution in [-0.4, -0.2) is 16.0 Å². The molecule has 1 fully saturated rings. The van der Waals surface area contributed by atoms with E-state index in [2.05, 4.69) is 10.3 Å². The Kier molecular flexibility index (Phi) is 5.00. The Morgan fingerprint density at radius 2 is 1.89 bits per heavy atom. The van der Waals surface area contributed by atoms with Crippen LogP contribution in [-0.2, 0) is 11.0 Å². The molecule has 138 valence electrons. The SMILES string of the molecule is O=C1NC(=Nc2ccccc2C(F)(F)F)SC1=Cc1cccc([N+](=O)[O-])c1. The standard InChI is InChI=1S/C17H10F3N3O3S/c18-17(19,20)12-6-1-2-7-13(12)21-16-22-15(24)14(27-16)9-10-4-3-5-11(8-10)23(25)26/h1-9H,(H,21,22,24). The van der Waals surface area contributed by atoms with Crippen LogP contribution in [0.3, 0.4) is 0 Å². The summed E-state index contributed by atoms with van der Waals surface area (Å²) < 4.78 is 39.1. The number of benzene rings is 2. The van der Waals surface area contributed by atoms with Crippen molar-refractivity contribution < 1.29 is 22.9 Å². The van der Waals surface area contributed by atoms with Crippen molar-refractivity contribution in [2.45, 2.75) is 6.18 Å². The Morgan fingerprint density at radius 3 is 2.59 bits per heavy atom. The fourth-order valence-corrected chi connectivity index (χ4v) is 3.12. The number of rotatable bonds is 3. The Hall–Kier alpha value is -3.14. The number of carbonyl (C=O) groups excluding carboxylic acids is 1. The number of hydrogen-bond donors (Lipinski definition) is 1. The first-order chi connectivity index (χ1) is 12.7. The van der Waals surface area contributed by atoms with Crippen LogP contribution in [0.15, 0.2) is 58.4 Å². The lowest BCUT2D eigenvalue weighted by atomic mass is 10.2. The molecule has 1 aliphatic heterocycles. The Bertz CT molecular complexity index is 987. The number of alkyl halides is 3. The lowest BCUT2D eigenvalue weighted by Crippen LogP contribution is -2.19. The molecule has 3 rings (SSSR count). The largest absolute Gasteiger partial charge is 0.418 e. The number of nitro benzene ring substituents is 1. The van der Waals surface area contributed by atoms with E-state index in [1.54, 1.807) is 6.07 Å². The number of hydrogen-bond acceptors (Lipinski definition) is 5. The summed E-state index contributed by atoms with van der Waals surface area (Å²) in [7, 11) is 0. The lowest BCUT2D eigenvalue weighted by Gasteiger charge is -2.09. The second kappa shape index (κ2) is 7.23. The Labute approximate surface area is 154 Å². The molecule has 10 heteroatoms. The molecule has 1 heterocycles. The van der Waals surface area contributed by atoms with Crippen LogP contribution < -0.4 is 5.32 Å². The fourth-order valence-electron chi connectivity index (χ4n) is 2.28. The number of aliphatic imine (C=N–C) groups is 1. The number of amidine groups is 1. The Balaban J connectivity index is 1.89. The van der Waals surface area contributed by atoms with Crippen molar-refractivity contribution in [3.63, 3.8) is 0 Å². The van der Waals surface area contributed by atoms with Gasteiger partial charge in [0, 0.05) is 12.1 Å². The van der Waals surface area contributed by atoms with Gasteiger partial charge in [0.05, 0.1) is 21.1 Å². The highest BCUT2D eigenvalue weighted by Gasteiger charge is 2.34. The van der Waals surface area contributed by atoms with Crippen molar-refractivity contribution in [1.29, 1.82) is 0 Å². The smallest absolute Gasteiger partial charge is 0.300 e. The third-order valence-corrected chi connectivity index (χ3v) is 4.37. The van der Waals surface area contributed by atoms with E-state index in [1.165, 1.54) is 42.5 Å². The zero-order valence-electron chi connectivity index (χ0n) is 13.4. The van der Waals surface area contributed by atoms with Crippen molar-refractivity contribution in [2.24, 2.45) is 4.99 Å². The summed E-state index contributed by atoms with van der Waals surface area (Å²) in [6.45, 7) is 0. The highest BCUT2D eigenvalue weighted by atomic mass is 32.2. The van der Waals surface area contributed by atoms with Gasteiger partial charge in [-0.2, -0.15) is 13.2 Å². The van der Waals surface area contributed by atoms with Crippen molar-refractivity contribution in [3.8, 4) is 0 Å². The molecule has 0 spiro atoms. The maximum atomic E-state index is 13.0. The number of halogens is 3. The van der Waals surface area contributed by atoms with Gasteiger partial charge in [0.25, 0.3) is 11.6 Å². The molecule has 1 aliphatic rings. The first-order valence-corrected chi connectivity index (χ1v) is 8.26. The van der Waals surface area contributed by atoms with Gasteiger partial charge in [-0.05, 0) is 35.5 Å². The summed E-state index contributed by atoms with van der Waals surface area (Å²) in [6, 6.07) is 10.4. The number of nitrogens with one attached hydrogen (secondary N) is 1. The molecular weight excluding hydrogens is 383 g/mol. The van der Waals surface area contributed by atoms with Crippen molar-refractivity contribution in [2.75, 3.05) is 0 Å². The first kappa shape index (κ1) is 18.6. The van der Waals surface area contributed by atoms with Crippen LogP contribution in [0.1, 0.15) is 11.1 Å². The number of nitrogens with zero attached hydrogens (tertiary/aromatic N) is 2. The number of amides is 1. The Morgan fingerprint density at radius 1 is 1.15 bits per heavy atom. The highest BCUT2D eigenvalue weighted by molar-refractivity contribution is 8.18. The zero-order chi connectivity index (χ0) is 19.6. The van der Waals surface area contributed by atoms with Gasteiger partial charge in [-0.3, -0.25) is 14.9 Å². The zero-order valence-corrected chi connectivity index (χ0v) is 14.2. The van der Waals surface area contributed by atoms with Crippen LogP contribution in [0.5, 0.6) is 0 Å². The van der Waals surface area contributed by atoms with E-state index in [0.717, 1.165) is 17.8 Å². The molecule has 27 heavy (non-hydrogen) atoms. The van der Waals surface area contributed by atoms with Gasteiger partial charge < -0.3 is 5.32 Å². The molecule has 1 amide bonds. The minimum atomic E-state index is -4.57. The molecule has 1 N–H and O–H groups in total. The van der Waals surface area contributed by atoms with E-state index in [9.17, 15) is 28.1 Å². The van der Waals surface area contributed by atoms with E-state index < -0.39 is 22.6 Å². The molecule has 2 aromatic carbocycles. The van der Waals surface area contributed by atoms with Gasteiger partial charge >= 0.3 is 6.18 Å². The predicted octanol–water partition coefficient (Wildman–Crippen LogP) is 4.51. The van der Waals surface area contributed by atoms with Gasteiger partial charge in [0.15, 0.2) is 5.17 Å². The van der Waals surface area contributed by atoms with Crippen LogP contribution in [0, 0.1) is 10.1 Å². The number of nitro groups is 1. The number of para-hydroxylation sites is 1. The summed E-state index contributed by atoms with van der Waals surface area (Å²) in [5.74, 6) is -0.547. The molecule has 0 atom stereocenters. The molecule has 2 aromatic rings. The van der Waals surface area contributed by atoms with E-state index in [1.807, 2.05) is 0 Å². The van der Waals surface area contributed by atoms with Crippen LogP contribution in [0.4, 0.5) is 24.5 Å². The quantitative estimate of drug-likeness (QED) is 0.473. The highest BCUT2D eigenvalue weighted by Crippen LogP contribution is 2.37. The summed E-state index contributed by atoms with van der Waals surface area (Å²) in [5.41, 5.74) is -0.951. The van der Waals surface area contributed by atoms with Crippen LogP contribution in [0.2, 0.25) is 0 Å². The average Bonchev–Trinajstić information content (AvgIpc) is 2.94. The summed E-state index contributed by atoms with van der Waals surface area (Å²) in [6.07, 6.45) is -3.17. The minimum absolute atomic E-state index is 0.00613. The van der Waals surface area contributed by atoms with Crippen LogP contribution >= 0.6 is 11.8 Å². The van der Waals surface area contributed by atoms with E-state index in [4.69, 9.17) is 0 Å². The molecule has 0 radical (unpaired) electrons. The van der Waals surface area contributed by atoms with Gasteiger partial charge in [0.2, 0.25) is 0 Å². The number of thioether (sulfide) groups is 1. The van der Waals surface area contributed by atoms with Crippen LogP contribution in [0.25, 0.3) is 6.08 Å². The molecule has 0 aromatic heterocycles. The molecule has 0 unspecified atom stereocenters. The van der Waals surface area contributed by atoms with Crippen molar-refractivity contribution in [3.05, 3.63) is 74.7 Å². The van der Waals surface area contributed by atoms with Gasteiger partial charge in [-0.15, -0.1) is 0 Å². The van der Waals surface area contributed by atoms with Gasteiger partial charge in [-0.1, -0.05) is 24.3 Å². The number of non-ortho nitro benzene ring substituents is 1. The third-order valence-electron chi connectivity index (χ3n) is 3.46. The number of carbonyl (C=O) groups is 1. The second-order valence-electron chi connectivity index (χ2n) is 5.35. The second-order valence-corrected chi connectivity index (χ2v) is 6.38. The monoisotopic (exact) mass is 393 g/mol. The van der Waals surface area contributed by atoms with E-state index >= 15 is 0 Å². The molecule has 0 saturated carbocycles. The van der Waals surface area contributed by atoms with Crippen molar-refractivity contribution in [1.82, 2.24) is 5.32 Å². The third kappa shape index (κ3) is 4.34. The van der Waals surface area contributed by atoms with E-state index in [0.29, 0.717) is 5.56 Å². The topological polar surface area (TPSA) is 84.6 Å². The molecule has 0 bridgehead atoms.